The van der Waals surface area contributed by atoms with E-state index in [1.165, 1.54) is 11.8 Å². The molecule has 0 bridgehead atoms. The van der Waals surface area contributed by atoms with Crippen molar-refractivity contribution in [3.8, 4) is 0 Å². The van der Waals surface area contributed by atoms with E-state index < -0.39 is 6.04 Å². The lowest BCUT2D eigenvalue weighted by Crippen LogP contribution is -2.49. The quantitative estimate of drug-likeness (QED) is 0.617. The van der Waals surface area contributed by atoms with Crippen molar-refractivity contribution in [1.82, 2.24) is 10.2 Å². The summed E-state index contributed by atoms with van der Waals surface area (Å²) in [5, 5.41) is 3.61. The van der Waals surface area contributed by atoms with Gasteiger partial charge >= 0.3 is 0 Å². The molecule has 0 radical (unpaired) electrons. The first-order valence-corrected chi connectivity index (χ1v) is 11.3. The minimum Gasteiger partial charge on any atom is -0.352 e. The summed E-state index contributed by atoms with van der Waals surface area (Å²) < 4.78 is 0. The van der Waals surface area contributed by atoms with Crippen LogP contribution >= 0.6 is 23.4 Å². The molecule has 0 aliphatic carbocycles. The van der Waals surface area contributed by atoms with Gasteiger partial charge < -0.3 is 10.2 Å². The third-order valence-corrected chi connectivity index (χ3v) is 5.81. The molecule has 6 heteroatoms. The Morgan fingerprint density at radius 2 is 1.83 bits per heavy atom. The monoisotopic (exact) mass is 432 g/mol. The Balaban J connectivity index is 2.09. The minimum atomic E-state index is -0.550. The Kier molecular flexibility index (Phi) is 9.05. The third kappa shape index (κ3) is 7.41. The van der Waals surface area contributed by atoms with E-state index in [1.807, 2.05) is 69.3 Å². The number of carbonyl (C=O) groups excluding carboxylic acids is 2. The molecule has 1 atom stereocenters. The lowest BCUT2D eigenvalue weighted by Gasteiger charge is -2.29. The van der Waals surface area contributed by atoms with E-state index in [1.54, 1.807) is 11.8 Å². The van der Waals surface area contributed by atoms with Crippen LogP contribution in [0, 0.1) is 6.92 Å². The van der Waals surface area contributed by atoms with Crippen molar-refractivity contribution in [2.24, 2.45) is 0 Å². The van der Waals surface area contributed by atoms with Crippen LogP contribution in [-0.4, -0.2) is 34.6 Å². The molecule has 0 saturated carbocycles. The van der Waals surface area contributed by atoms with Crippen molar-refractivity contribution in [3.63, 3.8) is 0 Å². The van der Waals surface area contributed by atoms with Gasteiger partial charge in [0.15, 0.2) is 0 Å². The van der Waals surface area contributed by atoms with Crippen molar-refractivity contribution in [1.29, 1.82) is 0 Å². The average Bonchev–Trinajstić information content (AvgIpc) is 2.66. The van der Waals surface area contributed by atoms with Crippen molar-refractivity contribution >= 4 is 35.2 Å². The molecule has 0 aliphatic rings. The Labute approximate surface area is 183 Å². The molecule has 0 spiro atoms. The van der Waals surface area contributed by atoms with Gasteiger partial charge in [0, 0.05) is 23.4 Å². The molecule has 0 fully saturated rings. The Morgan fingerprint density at radius 1 is 1.10 bits per heavy atom. The van der Waals surface area contributed by atoms with Crippen LogP contribution < -0.4 is 5.32 Å². The number of halogens is 1. The van der Waals surface area contributed by atoms with Crippen LogP contribution in [0.1, 0.15) is 37.5 Å². The topological polar surface area (TPSA) is 49.4 Å². The molecule has 0 saturated heterocycles. The smallest absolute Gasteiger partial charge is 0.242 e. The number of rotatable bonds is 9. The maximum atomic E-state index is 13.0. The van der Waals surface area contributed by atoms with E-state index in [9.17, 15) is 9.59 Å². The van der Waals surface area contributed by atoms with Crippen LogP contribution in [0.2, 0.25) is 5.02 Å². The van der Waals surface area contributed by atoms with E-state index in [2.05, 4.69) is 5.32 Å². The second-order valence-corrected chi connectivity index (χ2v) is 8.83. The second kappa shape index (κ2) is 11.3. The van der Waals surface area contributed by atoms with Crippen LogP contribution in [0.15, 0.2) is 48.5 Å². The highest BCUT2D eigenvalue weighted by Crippen LogP contribution is 2.21. The molecule has 0 heterocycles. The second-order valence-electron chi connectivity index (χ2n) is 7.43. The molecule has 0 unspecified atom stereocenters. The number of nitrogens with one attached hydrogen (secondary N) is 1. The Bertz CT molecular complexity index is 841. The first-order chi connectivity index (χ1) is 13.8. The number of hydrogen-bond acceptors (Lipinski definition) is 3. The summed E-state index contributed by atoms with van der Waals surface area (Å²) in [6.45, 7) is 8.03. The van der Waals surface area contributed by atoms with E-state index in [4.69, 9.17) is 11.6 Å². The molecule has 2 rings (SSSR count). The SMILES string of the molecule is Cc1cccc(CN(C(=O)CSCc2ccccc2Cl)[C@@H](C)C(=O)NC(C)C)c1. The lowest BCUT2D eigenvalue weighted by atomic mass is 10.1. The fourth-order valence-corrected chi connectivity index (χ4v) is 4.14. The number of aryl methyl sites for hydroxylation is 1. The molecule has 0 aliphatic heterocycles. The average molecular weight is 433 g/mol. The summed E-state index contributed by atoms with van der Waals surface area (Å²) in [5.41, 5.74) is 3.14. The van der Waals surface area contributed by atoms with E-state index in [0.717, 1.165) is 16.7 Å². The molecular formula is C23H29ClN2O2S. The van der Waals surface area contributed by atoms with Gasteiger partial charge in [-0.15, -0.1) is 11.8 Å². The van der Waals surface area contributed by atoms with Gasteiger partial charge in [0.2, 0.25) is 11.8 Å². The van der Waals surface area contributed by atoms with E-state index in [-0.39, 0.29) is 23.6 Å². The van der Waals surface area contributed by atoms with Gasteiger partial charge in [-0.25, -0.2) is 0 Å². The number of hydrogen-bond donors (Lipinski definition) is 1. The highest BCUT2D eigenvalue weighted by Gasteiger charge is 2.26. The van der Waals surface area contributed by atoms with Gasteiger partial charge in [-0.1, -0.05) is 59.6 Å². The predicted molar refractivity (Wildman–Crippen MR) is 122 cm³/mol. The van der Waals surface area contributed by atoms with Crippen LogP contribution in [0.4, 0.5) is 0 Å². The summed E-state index contributed by atoms with van der Waals surface area (Å²) >= 11 is 7.71. The summed E-state index contributed by atoms with van der Waals surface area (Å²) in [6.07, 6.45) is 0. The summed E-state index contributed by atoms with van der Waals surface area (Å²) in [6, 6.07) is 15.1. The van der Waals surface area contributed by atoms with Crippen LogP contribution in [0.5, 0.6) is 0 Å². The molecule has 29 heavy (non-hydrogen) atoms. The van der Waals surface area contributed by atoms with Gasteiger partial charge in [-0.2, -0.15) is 0 Å². The van der Waals surface area contributed by atoms with Crippen molar-refractivity contribution in [2.45, 2.75) is 52.1 Å². The van der Waals surface area contributed by atoms with E-state index >= 15 is 0 Å². The zero-order chi connectivity index (χ0) is 21.4. The first kappa shape index (κ1) is 23.3. The molecule has 0 aromatic heterocycles. The maximum Gasteiger partial charge on any atom is 0.242 e. The molecular weight excluding hydrogens is 404 g/mol. The molecule has 1 N–H and O–H groups in total. The number of amides is 2. The van der Waals surface area contributed by atoms with Gasteiger partial charge in [-0.05, 0) is 44.9 Å². The zero-order valence-corrected chi connectivity index (χ0v) is 19.0. The van der Waals surface area contributed by atoms with Gasteiger partial charge in [-0.3, -0.25) is 9.59 Å². The van der Waals surface area contributed by atoms with Crippen molar-refractivity contribution in [2.75, 3.05) is 5.75 Å². The van der Waals surface area contributed by atoms with Gasteiger partial charge in [0.25, 0.3) is 0 Å². The lowest BCUT2D eigenvalue weighted by molar-refractivity contribution is -0.138. The van der Waals surface area contributed by atoms with Gasteiger partial charge in [0.1, 0.15) is 6.04 Å². The van der Waals surface area contributed by atoms with Crippen LogP contribution in [-0.2, 0) is 21.9 Å². The molecule has 4 nitrogen and oxygen atoms in total. The number of benzene rings is 2. The van der Waals surface area contributed by atoms with Crippen molar-refractivity contribution < 1.29 is 9.59 Å². The minimum absolute atomic E-state index is 0.0236. The van der Waals surface area contributed by atoms with E-state index in [0.29, 0.717) is 17.3 Å². The maximum absolute atomic E-state index is 13.0. The normalized spacial score (nSPS) is 11.9. The Morgan fingerprint density at radius 3 is 2.48 bits per heavy atom. The standard InChI is InChI=1S/C23H29ClN2O2S/c1-16(2)25-23(28)18(4)26(13-19-9-7-8-17(3)12-19)22(27)15-29-14-20-10-5-6-11-21(20)24/h5-12,16,18H,13-15H2,1-4H3,(H,25,28)/t18-/m0/s1. The number of thioether (sulfide) groups is 1. The molecule has 2 aromatic carbocycles. The Hall–Kier alpha value is -1.98. The highest BCUT2D eigenvalue weighted by atomic mass is 35.5. The number of carbonyl (C=O) groups is 2. The van der Waals surface area contributed by atoms with Crippen molar-refractivity contribution in [3.05, 3.63) is 70.2 Å². The number of nitrogens with zero attached hydrogens (tertiary/aromatic N) is 1. The fourth-order valence-electron chi connectivity index (χ4n) is 2.94. The van der Waals surface area contributed by atoms with Gasteiger partial charge in [0.05, 0.1) is 5.75 Å². The summed E-state index contributed by atoms with van der Waals surface area (Å²) in [7, 11) is 0. The predicted octanol–water partition coefficient (Wildman–Crippen LogP) is 4.82. The zero-order valence-electron chi connectivity index (χ0n) is 17.4. The largest absolute Gasteiger partial charge is 0.352 e. The van der Waals surface area contributed by atoms with Crippen LogP contribution in [0.25, 0.3) is 0 Å². The molecule has 2 amide bonds. The fraction of sp³-hybridized carbons (Fsp3) is 0.391. The van der Waals surface area contributed by atoms with Crippen LogP contribution in [0.3, 0.4) is 0 Å². The summed E-state index contributed by atoms with van der Waals surface area (Å²) in [4.78, 5) is 27.3. The first-order valence-electron chi connectivity index (χ1n) is 9.74. The molecule has 2 aromatic rings. The third-order valence-electron chi connectivity index (χ3n) is 4.47. The summed E-state index contributed by atoms with van der Waals surface area (Å²) in [5.74, 6) is 0.735. The molecule has 156 valence electrons. The highest BCUT2D eigenvalue weighted by molar-refractivity contribution is 7.99.